The van der Waals surface area contributed by atoms with Gasteiger partial charge in [-0.1, -0.05) is 40.2 Å². The van der Waals surface area contributed by atoms with Gasteiger partial charge in [0.05, 0.1) is 12.1 Å². The average Bonchev–Trinajstić information content (AvgIpc) is 2.73. The van der Waals surface area contributed by atoms with Gasteiger partial charge in [-0.05, 0) is 65.8 Å². The van der Waals surface area contributed by atoms with Crippen molar-refractivity contribution < 1.29 is 14.4 Å². The van der Waals surface area contributed by atoms with Crippen LogP contribution in [0.3, 0.4) is 0 Å². The van der Waals surface area contributed by atoms with Crippen LogP contribution in [0.2, 0.25) is 0 Å². The molecule has 2 N–H and O–H groups in total. The Morgan fingerprint density at radius 2 is 1.55 bits per heavy atom. The molecule has 2 unspecified atom stereocenters. The zero-order chi connectivity index (χ0) is 25.5. The van der Waals surface area contributed by atoms with Crippen molar-refractivity contribution in [2.75, 3.05) is 13.6 Å². The van der Waals surface area contributed by atoms with Crippen LogP contribution in [0, 0.1) is 11.8 Å². The molecule has 1 fully saturated rings. The van der Waals surface area contributed by atoms with E-state index in [2.05, 4.69) is 29.4 Å². The van der Waals surface area contributed by atoms with Gasteiger partial charge in [0.2, 0.25) is 17.7 Å². The third-order valence-electron chi connectivity index (χ3n) is 6.42. The van der Waals surface area contributed by atoms with Gasteiger partial charge >= 0.3 is 0 Å². The molecule has 1 aliphatic rings. The number of nitrogens with zero attached hydrogens (tertiary/aromatic N) is 2. The van der Waals surface area contributed by atoms with Gasteiger partial charge in [-0.25, -0.2) is 0 Å². The largest absolute Gasteiger partial charge is 0.350 e. The molecule has 3 amide bonds. The van der Waals surface area contributed by atoms with E-state index in [1.165, 1.54) is 0 Å². The van der Waals surface area contributed by atoms with Crippen LogP contribution in [0.1, 0.15) is 81.6 Å². The number of carbonyl (C=O) groups excluding carboxylic acids is 3. The Morgan fingerprint density at radius 3 is 2.03 bits per heavy atom. The molecular weight excluding hydrogens is 416 g/mol. The molecule has 7 heteroatoms. The van der Waals surface area contributed by atoms with Crippen LogP contribution in [0.5, 0.6) is 0 Å². The highest BCUT2D eigenvalue weighted by atomic mass is 16.2. The molecule has 7 nitrogen and oxygen atoms in total. The van der Waals surface area contributed by atoms with Gasteiger partial charge in [-0.2, -0.15) is 0 Å². The molecule has 1 saturated heterocycles. The number of piperidine rings is 1. The minimum Gasteiger partial charge on any atom is -0.350 e. The Hall–Kier alpha value is -1.89. The quantitative estimate of drug-likeness (QED) is 0.486. The summed E-state index contributed by atoms with van der Waals surface area (Å²) in [5, 5.41) is 5.98. The summed E-state index contributed by atoms with van der Waals surface area (Å²) in [6.45, 7) is 18.7. The Morgan fingerprint density at radius 1 is 0.939 bits per heavy atom. The van der Waals surface area contributed by atoms with E-state index in [4.69, 9.17) is 0 Å². The van der Waals surface area contributed by atoms with Gasteiger partial charge in [0, 0.05) is 24.7 Å². The van der Waals surface area contributed by atoms with Gasteiger partial charge in [0.15, 0.2) is 0 Å². The number of likely N-dealkylation sites (tertiary alicyclic amines) is 1. The first-order valence-corrected chi connectivity index (χ1v) is 12.6. The Bertz CT molecular complexity index is 700. The molecule has 0 bridgehead atoms. The minimum absolute atomic E-state index is 0.0448. The maximum absolute atomic E-state index is 13.6. The maximum atomic E-state index is 13.6. The van der Waals surface area contributed by atoms with E-state index in [1.54, 1.807) is 18.9 Å². The number of hydrogen-bond acceptors (Lipinski definition) is 4. The molecule has 1 aliphatic heterocycles. The number of carbonyl (C=O) groups is 3. The number of nitrogens with one attached hydrogen (secondary N) is 2. The van der Waals surface area contributed by atoms with Crippen molar-refractivity contribution in [1.82, 2.24) is 20.4 Å². The maximum Gasteiger partial charge on any atom is 0.246 e. The van der Waals surface area contributed by atoms with Crippen molar-refractivity contribution >= 4 is 17.7 Å². The molecule has 0 aliphatic carbocycles. The lowest BCUT2D eigenvalue weighted by Gasteiger charge is -2.39. The Kier molecular flexibility index (Phi) is 11.6. The van der Waals surface area contributed by atoms with Crippen LogP contribution in [-0.2, 0) is 14.4 Å². The molecule has 0 saturated carbocycles. The first-order chi connectivity index (χ1) is 15.3. The highest BCUT2D eigenvalue weighted by molar-refractivity contribution is 5.93. The Balaban J connectivity index is 3.06. The van der Waals surface area contributed by atoms with Crippen LogP contribution in [0.4, 0.5) is 0 Å². The van der Waals surface area contributed by atoms with Crippen molar-refractivity contribution in [2.45, 2.75) is 112 Å². The van der Waals surface area contributed by atoms with E-state index in [0.717, 1.165) is 25.8 Å². The Labute approximate surface area is 201 Å². The van der Waals surface area contributed by atoms with Crippen LogP contribution in [0.25, 0.3) is 0 Å². The van der Waals surface area contributed by atoms with Crippen LogP contribution in [0.15, 0.2) is 11.6 Å². The first-order valence-electron chi connectivity index (χ1n) is 12.6. The summed E-state index contributed by atoms with van der Waals surface area (Å²) >= 11 is 0. The molecule has 0 aromatic rings. The number of amides is 3. The molecule has 0 spiro atoms. The standard InChI is InChI=1S/C26H48N4O3/c1-16(2)22(15-20(9)24(31)27-18(5)6)29(10)26(33)23(17(3)4)28-25(32)21-13-11-12-14-30(21)19(7)8/h15-19,21-23H,11-14H2,1-10H3,(H,27,31)(H,28,32)/b20-15+/t21?,22-,23?/m1/s1. The van der Waals surface area contributed by atoms with E-state index in [1.807, 2.05) is 47.6 Å². The van der Waals surface area contributed by atoms with Gasteiger partial charge in [-0.3, -0.25) is 19.3 Å². The van der Waals surface area contributed by atoms with E-state index < -0.39 is 6.04 Å². The summed E-state index contributed by atoms with van der Waals surface area (Å²) in [7, 11) is 1.76. The fraction of sp³-hybridized carbons (Fsp3) is 0.808. The molecule has 1 rings (SSSR count). The summed E-state index contributed by atoms with van der Waals surface area (Å²) in [6, 6.07) is -0.732. The number of hydrogen-bond donors (Lipinski definition) is 2. The fourth-order valence-corrected chi connectivity index (χ4v) is 4.44. The van der Waals surface area contributed by atoms with Crippen LogP contribution < -0.4 is 10.6 Å². The predicted octanol–water partition coefficient (Wildman–Crippen LogP) is 3.34. The van der Waals surface area contributed by atoms with Crippen LogP contribution in [-0.4, -0.2) is 71.3 Å². The van der Waals surface area contributed by atoms with Crippen molar-refractivity contribution in [3.05, 3.63) is 11.6 Å². The third-order valence-corrected chi connectivity index (χ3v) is 6.42. The summed E-state index contributed by atoms with van der Waals surface area (Å²) in [6.07, 6.45) is 4.81. The third kappa shape index (κ3) is 8.43. The smallest absolute Gasteiger partial charge is 0.246 e. The number of likely N-dealkylation sites (N-methyl/N-ethyl adjacent to an activating group) is 1. The zero-order valence-electron chi connectivity index (χ0n) is 22.6. The van der Waals surface area contributed by atoms with Crippen molar-refractivity contribution in [3.8, 4) is 0 Å². The number of rotatable bonds is 10. The minimum atomic E-state index is -0.613. The van der Waals surface area contributed by atoms with Gasteiger partial charge in [-0.15, -0.1) is 0 Å². The fourth-order valence-electron chi connectivity index (χ4n) is 4.44. The second-order valence-corrected chi connectivity index (χ2v) is 10.7. The lowest BCUT2D eigenvalue weighted by Crippen LogP contribution is -2.58. The van der Waals surface area contributed by atoms with Crippen LogP contribution >= 0.6 is 0 Å². The van der Waals surface area contributed by atoms with Crippen molar-refractivity contribution in [3.63, 3.8) is 0 Å². The molecule has 0 aromatic carbocycles. The molecule has 3 atom stereocenters. The molecule has 190 valence electrons. The summed E-state index contributed by atoms with van der Waals surface area (Å²) < 4.78 is 0. The molecular formula is C26H48N4O3. The molecule has 33 heavy (non-hydrogen) atoms. The highest BCUT2D eigenvalue weighted by Gasteiger charge is 2.35. The first kappa shape index (κ1) is 29.1. The predicted molar refractivity (Wildman–Crippen MR) is 135 cm³/mol. The molecule has 1 heterocycles. The van der Waals surface area contributed by atoms with Crippen molar-refractivity contribution in [1.29, 1.82) is 0 Å². The van der Waals surface area contributed by atoms with Gasteiger partial charge in [0.1, 0.15) is 6.04 Å². The summed E-state index contributed by atoms with van der Waals surface area (Å²) in [5.41, 5.74) is 0.585. The van der Waals surface area contributed by atoms with E-state index >= 15 is 0 Å². The lowest BCUT2D eigenvalue weighted by molar-refractivity contribution is -0.140. The van der Waals surface area contributed by atoms with E-state index in [-0.39, 0.29) is 53.7 Å². The second kappa shape index (κ2) is 13.1. The molecule has 0 aromatic heterocycles. The molecule has 0 radical (unpaired) electrons. The van der Waals surface area contributed by atoms with Crippen molar-refractivity contribution in [2.24, 2.45) is 11.8 Å². The van der Waals surface area contributed by atoms with Gasteiger partial charge < -0.3 is 15.5 Å². The topological polar surface area (TPSA) is 81.8 Å². The zero-order valence-corrected chi connectivity index (χ0v) is 22.6. The second-order valence-electron chi connectivity index (χ2n) is 10.7. The monoisotopic (exact) mass is 464 g/mol. The van der Waals surface area contributed by atoms with E-state index in [0.29, 0.717) is 5.57 Å². The van der Waals surface area contributed by atoms with E-state index in [9.17, 15) is 14.4 Å². The SMILES string of the molecule is C/C(=C\[C@H](C(C)C)N(C)C(=O)C(NC(=O)C1CCCCN1C(C)C)C(C)C)C(=O)NC(C)C. The van der Waals surface area contributed by atoms with Gasteiger partial charge in [0.25, 0.3) is 0 Å². The summed E-state index contributed by atoms with van der Waals surface area (Å²) in [5.74, 6) is -0.261. The summed E-state index contributed by atoms with van der Waals surface area (Å²) in [4.78, 5) is 43.1. The normalized spacial score (nSPS) is 19.7. The highest BCUT2D eigenvalue weighted by Crippen LogP contribution is 2.21. The average molecular weight is 465 g/mol. The lowest BCUT2D eigenvalue weighted by atomic mass is 9.95.